The summed E-state index contributed by atoms with van der Waals surface area (Å²) in [6, 6.07) is 10.1. The number of nitrogens with zero attached hydrogens (tertiary/aromatic N) is 2. The van der Waals surface area contributed by atoms with E-state index in [1.807, 2.05) is 13.8 Å². The van der Waals surface area contributed by atoms with Gasteiger partial charge in [-0.1, -0.05) is 18.2 Å². The highest BCUT2D eigenvalue weighted by Gasteiger charge is 2.32. The van der Waals surface area contributed by atoms with Crippen LogP contribution in [-0.4, -0.2) is 40.1 Å². The number of rotatable bonds is 5. The van der Waals surface area contributed by atoms with E-state index in [2.05, 4.69) is 4.99 Å². The van der Waals surface area contributed by atoms with Gasteiger partial charge in [0.15, 0.2) is 5.17 Å². The van der Waals surface area contributed by atoms with E-state index in [0.717, 1.165) is 0 Å². The third-order valence-corrected chi connectivity index (χ3v) is 4.87. The first-order chi connectivity index (χ1) is 12.5. The number of benzene rings is 1. The van der Waals surface area contributed by atoms with Crippen LogP contribution in [0.2, 0.25) is 0 Å². The number of carbonyl (C=O) groups excluding carboxylic acids is 1. The number of aliphatic imine (C=N–C) groups is 1. The van der Waals surface area contributed by atoms with Gasteiger partial charge in [0.25, 0.3) is 5.91 Å². The molecule has 1 amide bonds. The number of amidine groups is 1. The van der Waals surface area contributed by atoms with Crippen molar-refractivity contribution >= 4 is 34.9 Å². The summed E-state index contributed by atoms with van der Waals surface area (Å²) in [5.74, 6) is -0.184. The highest BCUT2D eigenvalue weighted by atomic mass is 32.2. The summed E-state index contributed by atoms with van der Waals surface area (Å²) in [6.45, 7) is 4.99. The third-order valence-electron chi connectivity index (χ3n) is 3.82. The average molecular weight is 370 g/mol. The van der Waals surface area contributed by atoms with Crippen molar-refractivity contribution in [2.45, 2.75) is 13.8 Å². The minimum atomic E-state index is -1.02. The van der Waals surface area contributed by atoms with Crippen LogP contribution in [0.3, 0.4) is 0 Å². The number of hydrogen-bond donors (Lipinski definition) is 1. The molecule has 0 radical (unpaired) electrons. The lowest BCUT2D eigenvalue weighted by Crippen LogP contribution is -2.28. The highest BCUT2D eigenvalue weighted by Crippen LogP contribution is 2.33. The Morgan fingerprint density at radius 3 is 2.73 bits per heavy atom. The molecule has 0 aliphatic carbocycles. The van der Waals surface area contributed by atoms with Crippen molar-refractivity contribution in [1.82, 2.24) is 4.90 Å². The third kappa shape index (κ3) is 3.43. The van der Waals surface area contributed by atoms with Crippen LogP contribution in [0, 0.1) is 0 Å². The molecule has 1 saturated heterocycles. The molecule has 6 nitrogen and oxygen atoms in total. The largest absolute Gasteiger partial charge is 0.478 e. The Morgan fingerprint density at radius 1 is 1.27 bits per heavy atom. The van der Waals surface area contributed by atoms with Crippen LogP contribution < -0.4 is 0 Å². The molecule has 1 fully saturated rings. The van der Waals surface area contributed by atoms with Gasteiger partial charge in [-0.25, -0.2) is 4.79 Å². The Kier molecular flexibility index (Phi) is 5.27. The summed E-state index contributed by atoms with van der Waals surface area (Å²) in [5, 5.41) is 10.0. The molecule has 0 bridgehead atoms. The van der Waals surface area contributed by atoms with E-state index < -0.39 is 5.97 Å². The number of amides is 1. The minimum Gasteiger partial charge on any atom is -0.478 e. The molecule has 2 aromatic rings. The average Bonchev–Trinajstić information content (AvgIpc) is 3.21. The second kappa shape index (κ2) is 7.61. The van der Waals surface area contributed by atoms with Crippen molar-refractivity contribution in [2.75, 3.05) is 13.1 Å². The predicted molar refractivity (Wildman–Crippen MR) is 102 cm³/mol. The number of likely N-dealkylation sites (N-methyl/N-ethyl adjacent to an activating group) is 1. The van der Waals surface area contributed by atoms with Gasteiger partial charge in [0, 0.05) is 24.7 Å². The van der Waals surface area contributed by atoms with Crippen molar-refractivity contribution < 1.29 is 19.1 Å². The number of carbonyl (C=O) groups is 2. The molecule has 0 atom stereocenters. The van der Waals surface area contributed by atoms with Gasteiger partial charge in [-0.2, -0.15) is 0 Å². The molecule has 1 aromatic carbocycles. The first-order valence-electron chi connectivity index (χ1n) is 8.23. The van der Waals surface area contributed by atoms with E-state index in [-0.39, 0.29) is 11.5 Å². The Hall–Kier alpha value is -2.80. The van der Waals surface area contributed by atoms with Gasteiger partial charge in [-0.3, -0.25) is 14.7 Å². The molecule has 2 heterocycles. The number of thioether (sulfide) groups is 1. The van der Waals surface area contributed by atoms with E-state index >= 15 is 0 Å². The minimum absolute atomic E-state index is 0.103. The summed E-state index contributed by atoms with van der Waals surface area (Å²) in [5.41, 5.74) is 0.667. The summed E-state index contributed by atoms with van der Waals surface area (Å²) in [7, 11) is 0. The van der Waals surface area contributed by atoms with E-state index in [4.69, 9.17) is 4.42 Å². The molecule has 0 spiro atoms. The van der Waals surface area contributed by atoms with Crippen molar-refractivity contribution in [1.29, 1.82) is 0 Å². The van der Waals surface area contributed by atoms with Gasteiger partial charge < -0.3 is 9.52 Å². The zero-order chi connectivity index (χ0) is 18.7. The van der Waals surface area contributed by atoms with E-state index in [1.54, 1.807) is 41.3 Å². The lowest BCUT2D eigenvalue weighted by Gasteiger charge is -2.11. The van der Waals surface area contributed by atoms with Gasteiger partial charge in [0.05, 0.1) is 10.5 Å². The fraction of sp³-hybridized carbons (Fsp3) is 0.211. The van der Waals surface area contributed by atoms with Crippen LogP contribution in [-0.2, 0) is 4.79 Å². The fourth-order valence-corrected chi connectivity index (χ4v) is 3.71. The standard InChI is InChI=1S/C19H18N2O4S/c1-3-20-19-21(4-2)17(22)16(26-19)11-12-9-10-15(25-12)13-7-5-6-8-14(13)18(23)24/h5-11H,3-4H2,1-2H3,(H,23,24)/b16-11+,20-19?. The summed E-state index contributed by atoms with van der Waals surface area (Å²) in [4.78, 5) is 30.4. The lowest BCUT2D eigenvalue weighted by molar-refractivity contribution is -0.122. The second-order valence-corrected chi connectivity index (χ2v) is 6.48. The van der Waals surface area contributed by atoms with Crippen LogP contribution in [0.5, 0.6) is 0 Å². The Balaban J connectivity index is 1.92. The zero-order valence-corrected chi connectivity index (χ0v) is 15.2. The number of carboxylic acids is 1. The predicted octanol–water partition coefficient (Wildman–Crippen LogP) is 3.96. The normalized spacial score (nSPS) is 17.5. The second-order valence-electron chi connectivity index (χ2n) is 5.47. The Labute approximate surface area is 155 Å². The van der Waals surface area contributed by atoms with Crippen molar-refractivity contribution in [3.63, 3.8) is 0 Å². The van der Waals surface area contributed by atoms with Gasteiger partial charge in [0.2, 0.25) is 0 Å². The van der Waals surface area contributed by atoms with Gasteiger partial charge in [0.1, 0.15) is 11.5 Å². The molecule has 1 aliphatic rings. The molecule has 134 valence electrons. The monoisotopic (exact) mass is 370 g/mol. The molecule has 26 heavy (non-hydrogen) atoms. The van der Waals surface area contributed by atoms with Gasteiger partial charge in [-0.15, -0.1) is 0 Å². The fourth-order valence-electron chi connectivity index (χ4n) is 2.63. The first-order valence-corrected chi connectivity index (χ1v) is 9.05. The van der Waals surface area contributed by atoms with Gasteiger partial charge in [-0.05, 0) is 43.8 Å². The van der Waals surface area contributed by atoms with Crippen molar-refractivity contribution in [2.24, 2.45) is 4.99 Å². The summed E-state index contributed by atoms with van der Waals surface area (Å²) in [6.07, 6.45) is 1.67. The van der Waals surface area contributed by atoms with Crippen molar-refractivity contribution in [3.8, 4) is 11.3 Å². The van der Waals surface area contributed by atoms with Crippen molar-refractivity contribution in [3.05, 3.63) is 52.6 Å². The maximum Gasteiger partial charge on any atom is 0.336 e. The van der Waals surface area contributed by atoms with Crippen LogP contribution in [0.25, 0.3) is 17.4 Å². The molecular weight excluding hydrogens is 352 g/mol. The highest BCUT2D eigenvalue weighted by molar-refractivity contribution is 8.18. The number of hydrogen-bond acceptors (Lipinski definition) is 5. The van der Waals surface area contributed by atoms with Gasteiger partial charge >= 0.3 is 5.97 Å². The molecular formula is C19H18N2O4S. The first kappa shape index (κ1) is 18.0. The molecule has 1 aromatic heterocycles. The Morgan fingerprint density at radius 2 is 2.04 bits per heavy atom. The molecule has 1 aliphatic heterocycles. The van der Waals surface area contributed by atoms with Crippen LogP contribution in [0.1, 0.15) is 30.0 Å². The number of furan rings is 1. The molecule has 0 saturated carbocycles. The molecule has 1 N–H and O–H groups in total. The van der Waals surface area contributed by atoms with E-state index in [9.17, 15) is 14.7 Å². The lowest BCUT2D eigenvalue weighted by atomic mass is 10.1. The van der Waals surface area contributed by atoms with E-state index in [1.165, 1.54) is 17.8 Å². The smallest absolute Gasteiger partial charge is 0.336 e. The quantitative estimate of drug-likeness (QED) is 0.806. The summed E-state index contributed by atoms with van der Waals surface area (Å²) < 4.78 is 5.77. The van der Waals surface area contributed by atoms with Crippen LogP contribution >= 0.6 is 11.8 Å². The maximum absolute atomic E-state index is 12.5. The maximum atomic E-state index is 12.5. The molecule has 0 unspecified atom stereocenters. The Bertz CT molecular complexity index is 914. The molecule has 3 rings (SSSR count). The number of carboxylic acid groups (broad SMARTS) is 1. The summed E-state index contributed by atoms with van der Waals surface area (Å²) >= 11 is 1.32. The molecule has 7 heteroatoms. The topological polar surface area (TPSA) is 83.1 Å². The van der Waals surface area contributed by atoms with Crippen LogP contribution in [0.15, 0.2) is 50.7 Å². The zero-order valence-electron chi connectivity index (χ0n) is 14.4. The number of aromatic carboxylic acids is 1. The SMILES string of the molecule is CCN=C1S/C(=C/c2ccc(-c3ccccc3C(=O)O)o2)C(=O)N1CC. The van der Waals surface area contributed by atoms with Crippen LogP contribution in [0.4, 0.5) is 0 Å². The van der Waals surface area contributed by atoms with E-state index in [0.29, 0.717) is 40.2 Å².